The lowest BCUT2D eigenvalue weighted by atomic mass is 9.95. The van der Waals surface area contributed by atoms with E-state index in [1.807, 2.05) is 36.6 Å². The molecule has 24 heavy (non-hydrogen) atoms. The van der Waals surface area contributed by atoms with E-state index in [1.165, 1.54) is 6.07 Å². The molecule has 0 bridgehead atoms. The highest BCUT2D eigenvalue weighted by Gasteiger charge is 2.26. The Morgan fingerprint density at radius 2 is 1.96 bits per heavy atom. The summed E-state index contributed by atoms with van der Waals surface area (Å²) < 4.78 is 16.5. The monoisotopic (exact) mass is 339 g/mol. The Morgan fingerprint density at radius 1 is 1.17 bits per heavy atom. The zero-order valence-corrected chi connectivity index (χ0v) is 14.0. The van der Waals surface area contributed by atoms with Crippen molar-refractivity contribution >= 4 is 17.3 Å². The molecule has 0 spiro atoms. The minimum absolute atomic E-state index is 0.146. The third kappa shape index (κ3) is 2.18. The maximum atomic E-state index is 14.5. The summed E-state index contributed by atoms with van der Waals surface area (Å²) in [5.41, 5.74) is 4.70. The van der Waals surface area contributed by atoms with Crippen LogP contribution < -0.4 is 0 Å². The normalized spacial score (nSPS) is 16.2. The molecule has 3 aromatic rings. The first-order chi connectivity index (χ1) is 11.6. The number of hydrogen-bond donors (Lipinski definition) is 0. The number of halogens is 2. The fourth-order valence-corrected chi connectivity index (χ4v) is 3.33. The van der Waals surface area contributed by atoms with Crippen LogP contribution in [0.3, 0.4) is 0 Å². The van der Waals surface area contributed by atoms with Crippen LogP contribution in [0.5, 0.6) is 0 Å². The molecule has 0 saturated heterocycles. The second-order valence-corrected chi connectivity index (χ2v) is 6.30. The third-order valence-corrected chi connectivity index (χ3v) is 4.83. The van der Waals surface area contributed by atoms with Crippen molar-refractivity contribution in [3.05, 3.63) is 82.1 Å². The van der Waals surface area contributed by atoms with Gasteiger partial charge in [0.1, 0.15) is 5.82 Å². The summed E-state index contributed by atoms with van der Waals surface area (Å²) in [5, 5.41) is 0.633. The van der Waals surface area contributed by atoms with Crippen molar-refractivity contribution in [2.45, 2.75) is 19.9 Å². The van der Waals surface area contributed by atoms with E-state index in [9.17, 15) is 4.39 Å². The lowest BCUT2D eigenvalue weighted by molar-refractivity contribution is 0.625. The summed E-state index contributed by atoms with van der Waals surface area (Å²) >= 11 is 6.36. The van der Waals surface area contributed by atoms with Gasteiger partial charge in [-0.2, -0.15) is 0 Å². The largest absolute Gasteiger partial charge is 0.300 e. The lowest BCUT2D eigenvalue weighted by Crippen LogP contribution is -2.11. The summed E-state index contributed by atoms with van der Waals surface area (Å²) in [7, 11) is 0. The molecule has 0 radical (unpaired) electrons. The molecule has 0 saturated carbocycles. The van der Waals surface area contributed by atoms with Crippen LogP contribution in [-0.2, 0) is 0 Å². The van der Waals surface area contributed by atoms with E-state index >= 15 is 0 Å². The summed E-state index contributed by atoms with van der Waals surface area (Å²) in [6, 6.07) is 10.3. The van der Waals surface area contributed by atoms with Gasteiger partial charge in [0.05, 0.1) is 35.7 Å². The SMILES string of the molecule is Cc1c(Cl)ccc2c1C(c1ccccc1F)=NC(C)c1cncn1-2. The van der Waals surface area contributed by atoms with Crippen LogP contribution in [0.2, 0.25) is 5.02 Å². The first-order valence-corrected chi connectivity index (χ1v) is 8.10. The summed E-state index contributed by atoms with van der Waals surface area (Å²) in [4.78, 5) is 9.07. The molecule has 0 amide bonds. The average molecular weight is 340 g/mol. The number of aromatic nitrogens is 2. The third-order valence-electron chi connectivity index (χ3n) is 4.42. The molecule has 4 rings (SSSR count). The van der Waals surface area contributed by atoms with Gasteiger partial charge < -0.3 is 4.57 Å². The van der Waals surface area contributed by atoms with Gasteiger partial charge in [0.15, 0.2) is 0 Å². The van der Waals surface area contributed by atoms with Crippen LogP contribution in [0.15, 0.2) is 53.9 Å². The number of hydrogen-bond acceptors (Lipinski definition) is 2. The molecule has 0 N–H and O–H groups in total. The average Bonchev–Trinajstić information content (AvgIpc) is 3.02. The van der Waals surface area contributed by atoms with Gasteiger partial charge >= 0.3 is 0 Å². The first kappa shape index (κ1) is 15.1. The predicted octanol–water partition coefficient (Wildman–Crippen LogP) is 4.89. The molecule has 1 aliphatic rings. The molecule has 2 aromatic carbocycles. The van der Waals surface area contributed by atoms with Gasteiger partial charge in [-0.1, -0.05) is 23.7 Å². The maximum Gasteiger partial charge on any atom is 0.132 e. The zero-order valence-electron chi connectivity index (χ0n) is 13.3. The van der Waals surface area contributed by atoms with Crippen molar-refractivity contribution in [1.82, 2.24) is 9.55 Å². The Labute approximate surface area is 144 Å². The lowest BCUT2D eigenvalue weighted by Gasteiger charge is -2.16. The minimum atomic E-state index is -0.293. The Morgan fingerprint density at radius 3 is 2.75 bits per heavy atom. The van der Waals surface area contributed by atoms with Crippen LogP contribution >= 0.6 is 11.6 Å². The fourth-order valence-electron chi connectivity index (χ4n) is 3.17. The fraction of sp³-hybridized carbons (Fsp3) is 0.158. The van der Waals surface area contributed by atoms with Crippen LogP contribution in [0.1, 0.15) is 35.3 Å². The van der Waals surface area contributed by atoms with Gasteiger partial charge in [0, 0.05) is 16.1 Å². The van der Waals surface area contributed by atoms with Gasteiger partial charge in [0.25, 0.3) is 0 Å². The molecular formula is C19H15ClFN3. The summed E-state index contributed by atoms with van der Waals surface area (Å²) in [5.74, 6) is -0.293. The van der Waals surface area contributed by atoms with Gasteiger partial charge in [-0.15, -0.1) is 0 Å². The Kier molecular flexibility index (Phi) is 3.50. The predicted molar refractivity (Wildman–Crippen MR) is 93.8 cm³/mol. The Balaban J connectivity index is 2.10. The molecule has 5 heteroatoms. The van der Waals surface area contributed by atoms with Crippen molar-refractivity contribution < 1.29 is 4.39 Å². The molecule has 0 aliphatic carbocycles. The van der Waals surface area contributed by atoms with Crippen molar-refractivity contribution in [1.29, 1.82) is 0 Å². The second kappa shape index (κ2) is 5.56. The molecule has 1 aliphatic heterocycles. The summed E-state index contributed by atoms with van der Waals surface area (Å²) in [6.07, 6.45) is 3.56. The van der Waals surface area contributed by atoms with Gasteiger partial charge in [-0.25, -0.2) is 9.37 Å². The van der Waals surface area contributed by atoms with Gasteiger partial charge in [-0.3, -0.25) is 4.99 Å². The van der Waals surface area contributed by atoms with Gasteiger partial charge in [-0.05, 0) is 43.7 Å². The van der Waals surface area contributed by atoms with Crippen molar-refractivity contribution in [2.24, 2.45) is 4.99 Å². The quantitative estimate of drug-likeness (QED) is 0.621. The number of fused-ring (bicyclic) bond motifs is 3. The molecule has 120 valence electrons. The number of imidazole rings is 1. The highest BCUT2D eigenvalue weighted by atomic mass is 35.5. The number of benzene rings is 2. The molecule has 0 fully saturated rings. The number of nitrogens with zero attached hydrogens (tertiary/aromatic N) is 3. The Hall–Kier alpha value is -2.46. The van der Waals surface area contributed by atoms with Crippen LogP contribution in [-0.4, -0.2) is 15.3 Å². The highest BCUT2D eigenvalue weighted by Crippen LogP contribution is 2.34. The molecule has 1 atom stereocenters. The first-order valence-electron chi connectivity index (χ1n) is 7.72. The number of rotatable bonds is 1. The Bertz CT molecular complexity index is 974. The van der Waals surface area contributed by atoms with Crippen molar-refractivity contribution in [3.8, 4) is 5.69 Å². The zero-order chi connectivity index (χ0) is 16.8. The van der Waals surface area contributed by atoms with E-state index in [4.69, 9.17) is 16.6 Å². The van der Waals surface area contributed by atoms with Gasteiger partial charge in [0.2, 0.25) is 0 Å². The molecular weight excluding hydrogens is 325 g/mol. The molecule has 1 unspecified atom stereocenters. The minimum Gasteiger partial charge on any atom is -0.300 e. The molecule has 1 aromatic heterocycles. The smallest absolute Gasteiger partial charge is 0.132 e. The van der Waals surface area contributed by atoms with E-state index in [-0.39, 0.29) is 11.9 Å². The van der Waals surface area contributed by atoms with Crippen molar-refractivity contribution in [2.75, 3.05) is 0 Å². The van der Waals surface area contributed by atoms with Crippen molar-refractivity contribution in [3.63, 3.8) is 0 Å². The highest BCUT2D eigenvalue weighted by molar-refractivity contribution is 6.32. The van der Waals surface area contributed by atoms with E-state index in [0.29, 0.717) is 16.3 Å². The van der Waals surface area contributed by atoms with Crippen LogP contribution in [0.25, 0.3) is 5.69 Å². The topological polar surface area (TPSA) is 30.2 Å². The molecule has 3 nitrogen and oxygen atoms in total. The van der Waals surface area contributed by atoms with E-state index in [0.717, 1.165) is 22.5 Å². The van der Waals surface area contributed by atoms with E-state index < -0.39 is 0 Å². The van der Waals surface area contributed by atoms with E-state index in [1.54, 1.807) is 24.7 Å². The van der Waals surface area contributed by atoms with Crippen LogP contribution in [0.4, 0.5) is 4.39 Å². The van der Waals surface area contributed by atoms with E-state index in [2.05, 4.69) is 4.98 Å². The van der Waals surface area contributed by atoms with Crippen LogP contribution in [0, 0.1) is 12.7 Å². The second-order valence-electron chi connectivity index (χ2n) is 5.89. The standard InChI is InChI=1S/C19H15ClFN3/c1-11-14(20)7-8-16-18(11)19(13-5-3-4-6-15(13)21)23-12(2)17-9-22-10-24(16)17/h3-10,12H,1-2H3. The maximum absolute atomic E-state index is 14.5. The molecule has 2 heterocycles. The number of aliphatic imine (C=N–C) groups is 1. The summed E-state index contributed by atoms with van der Waals surface area (Å²) in [6.45, 7) is 3.92.